The molecule has 9 aromatic carbocycles. The molecule has 7 atom stereocenters. The van der Waals surface area contributed by atoms with Crippen molar-refractivity contribution in [2.75, 3.05) is 0 Å². The van der Waals surface area contributed by atoms with Crippen LogP contribution in [0, 0.1) is 30.3 Å². The lowest BCUT2D eigenvalue weighted by Gasteiger charge is -2.25. The first-order valence-electron chi connectivity index (χ1n) is 40.9. The van der Waals surface area contributed by atoms with E-state index in [0.29, 0.717) is 47.3 Å². The van der Waals surface area contributed by atoms with Gasteiger partial charge in [0.05, 0.1) is 17.7 Å². The molecule has 0 saturated heterocycles. The molecule has 0 heteroatoms. The fourth-order valence-corrected chi connectivity index (χ4v) is 12.9. The highest BCUT2D eigenvalue weighted by Gasteiger charge is 2.24. The van der Waals surface area contributed by atoms with E-state index in [9.17, 15) is 0 Å². The molecule has 0 aromatic heterocycles. The van der Waals surface area contributed by atoms with Crippen molar-refractivity contribution in [1.29, 1.82) is 0 Å². The van der Waals surface area contributed by atoms with E-state index in [1.54, 1.807) is 0 Å². The zero-order valence-corrected chi connectivity index (χ0v) is 70.4. The van der Waals surface area contributed by atoms with Gasteiger partial charge in [0.1, 0.15) is 12.2 Å². The van der Waals surface area contributed by atoms with Crippen LogP contribution in [0.1, 0.15) is 260 Å². The molecule has 7 unspecified atom stereocenters. The van der Waals surface area contributed by atoms with Gasteiger partial charge >= 0.3 is 0 Å². The number of hydrogen-bond donors (Lipinski definition) is 0. The topological polar surface area (TPSA) is 0 Å². The predicted molar refractivity (Wildman–Crippen MR) is 495 cm³/mol. The molecule has 1 aliphatic carbocycles. The molecule has 10 rings (SSSR count). The summed E-state index contributed by atoms with van der Waals surface area (Å²) in [5.41, 5.74) is 18.5. The normalized spacial score (nSPS) is 12.8. The molecule has 0 heterocycles. The van der Waals surface area contributed by atoms with Crippen LogP contribution in [0.15, 0.2) is 371 Å². The van der Waals surface area contributed by atoms with Gasteiger partial charge < -0.3 is 0 Å². The SMILES string of the molecule is C#CCC.C=C(C)CC(C)C=CC.C=C(C)CCC.C=C(CC(CC(/C=C\c1ccccc1)c1ccccc1)c1ccccc1)c1ccccc1.C=C(CC(CC(C)c1ccccc1)C1=CC=[C+]C=C1)c1ccccc1.C=CCC.CC.CC(CC(CC(C)c1ccccc1)c1ccccc1)c1ccccc1.CCC. The van der Waals surface area contributed by atoms with Crippen LogP contribution in [-0.2, 0) is 0 Å². The second-order valence-electron chi connectivity index (χ2n) is 28.6. The average Bonchev–Trinajstić information content (AvgIpc) is 0.848. The van der Waals surface area contributed by atoms with Crippen LogP contribution in [0.5, 0.6) is 0 Å². The molecule has 1 aliphatic rings. The van der Waals surface area contributed by atoms with Crippen LogP contribution >= 0.6 is 0 Å². The molecule has 578 valence electrons. The molecule has 0 N–H and O–H groups in total. The highest BCUT2D eigenvalue weighted by Crippen LogP contribution is 2.40. The number of allylic oxidation sites excluding steroid dienone is 14. The van der Waals surface area contributed by atoms with Crippen LogP contribution < -0.4 is 0 Å². The first-order chi connectivity index (χ1) is 53.4. The van der Waals surface area contributed by atoms with Gasteiger partial charge in [-0.2, -0.15) is 0 Å². The summed E-state index contributed by atoms with van der Waals surface area (Å²) in [5, 5.41) is 0. The average molecular weight is 1460 g/mol. The highest BCUT2D eigenvalue weighted by atomic mass is 14.3. The molecule has 0 radical (unpaired) electrons. The van der Waals surface area contributed by atoms with Crippen molar-refractivity contribution in [1.82, 2.24) is 0 Å². The number of terminal acetylenes is 1. The smallest absolute Gasteiger partial charge is 0.103 e. The minimum Gasteiger partial charge on any atom is -0.120 e. The third kappa shape index (κ3) is 42.6. The van der Waals surface area contributed by atoms with Gasteiger partial charge in [-0.3, -0.25) is 0 Å². The Bertz CT molecular complexity index is 3930. The van der Waals surface area contributed by atoms with Gasteiger partial charge in [0.2, 0.25) is 0 Å². The Hall–Kier alpha value is -10.2. The van der Waals surface area contributed by atoms with E-state index >= 15 is 0 Å². The minimum absolute atomic E-state index is 0.324. The Balaban J connectivity index is 0.000000479. The summed E-state index contributed by atoms with van der Waals surface area (Å²) >= 11 is 0. The van der Waals surface area contributed by atoms with E-state index in [4.69, 9.17) is 6.42 Å². The van der Waals surface area contributed by atoms with Gasteiger partial charge in [0, 0.05) is 24.3 Å². The lowest BCUT2D eigenvalue weighted by molar-refractivity contribution is 0.489. The third-order valence-electron chi connectivity index (χ3n) is 18.6. The lowest BCUT2D eigenvalue weighted by Crippen LogP contribution is -2.09. The molecule has 0 aliphatic heterocycles. The Labute approximate surface area is 673 Å². The van der Waals surface area contributed by atoms with Gasteiger partial charge in [0.25, 0.3) is 0 Å². The van der Waals surface area contributed by atoms with Crippen LogP contribution in [0.3, 0.4) is 0 Å². The largest absolute Gasteiger partial charge is 0.120 e. The van der Waals surface area contributed by atoms with Crippen molar-refractivity contribution in [3.8, 4) is 12.3 Å². The van der Waals surface area contributed by atoms with E-state index in [2.05, 4.69) is 430 Å². The highest BCUT2D eigenvalue weighted by molar-refractivity contribution is 5.65. The van der Waals surface area contributed by atoms with Crippen molar-refractivity contribution in [3.63, 3.8) is 0 Å². The summed E-state index contributed by atoms with van der Waals surface area (Å²) in [6.45, 7) is 49.7. The van der Waals surface area contributed by atoms with Gasteiger partial charge in [-0.15, -0.1) is 32.1 Å². The molecule has 0 bridgehead atoms. The molecule has 0 saturated carbocycles. The zero-order chi connectivity index (χ0) is 80.8. The van der Waals surface area contributed by atoms with Crippen LogP contribution in [0.4, 0.5) is 0 Å². The fourth-order valence-electron chi connectivity index (χ4n) is 12.9. The molecule has 0 amide bonds. The summed E-state index contributed by atoms with van der Waals surface area (Å²) in [7, 11) is 0. The maximum Gasteiger partial charge on any atom is 0.103 e. The molecule has 0 spiro atoms. The van der Waals surface area contributed by atoms with Gasteiger partial charge in [0.15, 0.2) is 0 Å². The fraction of sp³-hybridized carbons (Fsp3) is 0.309. The quantitative estimate of drug-likeness (QED) is 0.0249. The standard InChI is InChI=1S/C32H30.C25H28.C25H25.C9H16.C6H12.C4H8.C4H6.C3H8.C2H6/c1-26(28-16-8-3-9-17-28)24-32(30-20-12-5-13-21-30)25-31(29-18-10-4-11-19-29)23-22-27-14-6-2-7-15-27;2*1-20(22-12-6-3-7-13-22)18-25(24-16-10-5-11-17-24)19-21(2)23-14-8-4-9-15-23;1-5-6-9(4)7-8(2)3;1-4-5-6(2)3;2*1-3-4-2;1-3-2;1-2/h2-23,31-32H,1,24-25H2;3-17,20-21,25H,18-19H2,1-2H3;3-4,6-17,21,25H,1,18-19H2,2H3;5-6,9H,2,7H2,1,3-4H3;2,4-5H2,1,3H3;3H,1,4H2,2H3;1H,4H2,2H3;3H2,1-2H3;1-2H3/q;;+1;;;;;;/b23-22-;;;;;;;;. The number of rotatable bonds is 29. The Morgan fingerprint density at radius 3 is 1.09 bits per heavy atom. The second kappa shape index (κ2) is 61.7. The van der Waals surface area contributed by atoms with Crippen molar-refractivity contribution in [2.45, 2.75) is 209 Å². The molecular formula is C110H139+. The Morgan fingerprint density at radius 2 is 0.773 bits per heavy atom. The summed E-state index contributed by atoms with van der Waals surface area (Å²) in [6.07, 6.45) is 40.3. The zero-order valence-electron chi connectivity index (χ0n) is 70.4. The predicted octanol–water partition coefficient (Wildman–Crippen LogP) is 33.3. The summed E-state index contributed by atoms with van der Waals surface area (Å²) in [4.78, 5) is 0. The first-order valence-corrected chi connectivity index (χ1v) is 40.9. The van der Waals surface area contributed by atoms with Crippen molar-refractivity contribution in [3.05, 3.63) is 427 Å². The van der Waals surface area contributed by atoms with Gasteiger partial charge in [-0.1, -0.05) is 417 Å². The van der Waals surface area contributed by atoms with Crippen molar-refractivity contribution >= 4 is 17.2 Å². The lowest BCUT2D eigenvalue weighted by atomic mass is 9.80. The maximum atomic E-state index is 4.78. The maximum absolute atomic E-state index is 4.78. The summed E-state index contributed by atoms with van der Waals surface area (Å²) in [5.74, 6) is 6.47. The van der Waals surface area contributed by atoms with Crippen molar-refractivity contribution < 1.29 is 0 Å². The number of benzene rings is 9. The van der Waals surface area contributed by atoms with Crippen LogP contribution in [0.2, 0.25) is 0 Å². The second-order valence-corrected chi connectivity index (χ2v) is 28.6. The van der Waals surface area contributed by atoms with Gasteiger partial charge in [-0.05, 0) is 175 Å². The molecule has 0 fully saturated rings. The van der Waals surface area contributed by atoms with Gasteiger partial charge in [-0.25, -0.2) is 0 Å². The van der Waals surface area contributed by atoms with E-state index in [1.165, 1.54) is 110 Å². The summed E-state index contributed by atoms with van der Waals surface area (Å²) < 4.78 is 0. The van der Waals surface area contributed by atoms with E-state index < -0.39 is 0 Å². The Kier molecular flexibility index (Phi) is 53.8. The van der Waals surface area contributed by atoms with Crippen molar-refractivity contribution in [2.24, 2.45) is 11.8 Å². The van der Waals surface area contributed by atoms with E-state index in [-0.39, 0.29) is 0 Å². The Morgan fingerprint density at radius 1 is 0.436 bits per heavy atom. The third-order valence-corrected chi connectivity index (χ3v) is 18.6. The van der Waals surface area contributed by atoms with Crippen LogP contribution in [-0.4, -0.2) is 0 Å². The molecule has 110 heavy (non-hydrogen) atoms. The molecule has 0 nitrogen and oxygen atoms in total. The minimum atomic E-state index is 0.324. The summed E-state index contributed by atoms with van der Waals surface area (Å²) in [6, 6.07) is 97.0. The van der Waals surface area contributed by atoms with E-state index in [0.717, 1.165) is 44.9 Å². The molecule has 9 aromatic rings. The monoisotopic (exact) mass is 1460 g/mol. The van der Waals surface area contributed by atoms with Crippen LogP contribution in [0.25, 0.3) is 17.2 Å². The molecular weight excluding hydrogens is 1320 g/mol. The van der Waals surface area contributed by atoms with E-state index in [1.807, 2.05) is 39.0 Å². The first kappa shape index (κ1) is 95.9. The number of hydrogen-bond acceptors (Lipinski definition) is 0.